The molecule has 0 spiro atoms. The van der Waals surface area contributed by atoms with E-state index in [1.807, 2.05) is 0 Å². The lowest BCUT2D eigenvalue weighted by Crippen LogP contribution is -2.40. The topological polar surface area (TPSA) is 107 Å². The van der Waals surface area contributed by atoms with Gasteiger partial charge in [-0.2, -0.15) is 0 Å². The van der Waals surface area contributed by atoms with E-state index in [0.29, 0.717) is 18.5 Å². The normalized spacial score (nSPS) is 24.9. The molecule has 1 aromatic carbocycles. The standard InChI is InChI=1S/C19H23NO6S/c1-27(24,25)16-7-3-6-15(10-16)20-17(21)11-26-19(23)14-8-12-4-2-5-13(9-14)18(12)22/h3,6-7,10,12-14H,2,4-5,8-9,11H2,1H3,(H,20,21)/t12-,13-/m1/s1. The summed E-state index contributed by atoms with van der Waals surface area (Å²) in [6, 6.07) is 5.87. The zero-order chi connectivity index (χ0) is 19.6. The largest absolute Gasteiger partial charge is 0.455 e. The van der Waals surface area contributed by atoms with Crippen LogP contribution in [0.25, 0.3) is 0 Å². The number of ether oxygens (including phenoxy) is 1. The number of hydrogen-bond acceptors (Lipinski definition) is 6. The number of rotatable bonds is 5. The van der Waals surface area contributed by atoms with Gasteiger partial charge in [0.05, 0.1) is 10.8 Å². The van der Waals surface area contributed by atoms with E-state index in [2.05, 4.69) is 5.32 Å². The maximum Gasteiger partial charge on any atom is 0.309 e. The monoisotopic (exact) mass is 393 g/mol. The minimum absolute atomic E-state index is 0.0531. The van der Waals surface area contributed by atoms with Gasteiger partial charge in [-0.25, -0.2) is 8.42 Å². The summed E-state index contributed by atoms with van der Waals surface area (Å²) >= 11 is 0. The molecule has 2 fully saturated rings. The number of Topliss-reactive ketones (excluding diaryl/α,β-unsaturated/α-hetero) is 1. The van der Waals surface area contributed by atoms with Crippen LogP contribution in [0, 0.1) is 17.8 Å². The first kappa shape index (κ1) is 19.5. The van der Waals surface area contributed by atoms with Crippen LogP contribution in [-0.2, 0) is 29.0 Å². The summed E-state index contributed by atoms with van der Waals surface area (Å²) in [5.74, 6) is -1.15. The Hall–Kier alpha value is -2.22. The van der Waals surface area contributed by atoms with Gasteiger partial charge in [-0.05, 0) is 43.9 Å². The van der Waals surface area contributed by atoms with Crippen molar-refractivity contribution in [3.8, 4) is 0 Å². The number of sulfone groups is 1. The predicted octanol–water partition coefficient (Wildman–Crippen LogP) is 1.97. The van der Waals surface area contributed by atoms with Gasteiger partial charge in [0.15, 0.2) is 16.4 Å². The van der Waals surface area contributed by atoms with E-state index in [1.54, 1.807) is 6.07 Å². The van der Waals surface area contributed by atoms with Crippen molar-refractivity contribution >= 4 is 33.2 Å². The fourth-order valence-electron chi connectivity index (χ4n) is 3.93. The van der Waals surface area contributed by atoms with Crippen molar-refractivity contribution in [2.45, 2.75) is 37.0 Å². The SMILES string of the molecule is CS(=O)(=O)c1cccc(NC(=O)COC(=O)C2C[C@H]3CCC[C@H](C2)C3=O)c1. The number of fused-ring (bicyclic) bond motifs is 2. The molecule has 2 bridgehead atoms. The molecule has 2 atom stereocenters. The number of hydrogen-bond donors (Lipinski definition) is 1. The number of ketones is 1. The molecule has 0 saturated heterocycles. The molecule has 8 heteroatoms. The first-order valence-corrected chi connectivity index (χ1v) is 10.9. The van der Waals surface area contributed by atoms with Gasteiger partial charge in [0.2, 0.25) is 0 Å². The first-order valence-electron chi connectivity index (χ1n) is 9.04. The minimum atomic E-state index is -3.38. The Morgan fingerprint density at radius 1 is 1.19 bits per heavy atom. The van der Waals surface area contributed by atoms with Crippen LogP contribution >= 0.6 is 0 Å². The summed E-state index contributed by atoms with van der Waals surface area (Å²) in [7, 11) is -3.38. The Labute approximate surface area is 158 Å². The van der Waals surface area contributed by atoms with Crippen LogP contribution in [0.2, 0.25) is 0 Å². The number of esters is 1. The van der Waals surface area contributed by atoms with Crippen LogP contribution in [0.1, 0.15) is 32.1 Å². The van der Waals surface area contributed by atoms with Crippen molar-refractivity contribution in [2.75, 3.05) is 18.2 Å². The number of anilines is 1. The zero-order valence-corrected chi connectivity index (χ0v) is 16.0. The van der Waals surface area contributed by atoms with E-state index in [9.17, 15) is 22.8 Å². The van der Waals surface area contributed by atoms with Crippen LogP contribution in [-0.4, -0.2) is 38.9 Å². The van der Waals surface area contributed by atoms with E-state index >= 15 is 0 Å². The van der Waals surface area contributed by atoms with Crippen molar-refractivity contribution in [3.05, 3.63) is 24.3 Å². The van der Waals surface area contributed by atoms with Crippen LogP contribution in [0.3, 0.4) is 0 Å². The third-order valence-corrected chi connectivity index (χ3v) is 6.38. The van der Waals surface area contributed by atoms with E-state index in [4.69, 9.17) is 4.74 Å². The fraction of sp³-hybridized carbons (Fsp3) is 0.526. The van der Waals surface area contributed by atoms with Crippen molar-refractivity contribution < 1.29 is 27.5 Å². The number of benzene rings is 1. The lowest BCUT2D eigenvalue weighted by Gasteiger charge is -2.36. The molecule has 1 amide bonds. The number of nitrogens with one attached hydrogen (secondary N) is 1. The third kappa shape index (κ3) is 4.74. The van der Waals surface area contributed by atoms with E-state index < -0.39 is 28.3 Å². The lowest BCUT2D eigenvalue weighted by molar-refractivity contribution is -0.155. The van der Waals surface area contributed by atoms with Crippen LogP contribution < -0.4 is 5.32 Å². The Morgan fingerprint density at radius 2 is 1.85 bits per heavy atom. The molecule has 3 rings (SSSR count). The second-order valence-corrected chi connectivity index (χ2v) is 9.37. The molecule has 1 N–H and O–H groups in total. The molecule has 2 aliphatic rings. The molecule has 0 radical (unpaired) electrons. The number of carbonyl (C=O) groups excluding carboxylic acids is 3. The molecular formula is C19H23NO6S. The average molecular weight is 393 g/mol. The Balaban J connectivity index is 1.52. The molecular weight excluding hydrogens is 370 g/mol. The van der Waals surface area contributed by atoms with Gasteiger partial charge in [-0.1, -0.05) is 12.5 Å². The summed E-state index contributed by atoms with van der Waals surface area (Å²) in [6.07, 6.45) is 4.78. The molecule has 2 saturated carbocycles. The third-order valence-electron chi connectivity index (χ3n) is 5.27. The van der Waals surface area contributed by atoms with Crippen molar-refractivity contribution in [1.29, 1.82) is 0 Å². The lowest BCUT2D eigenvalue weighted by atomic mass is 9.67. The maximum absolute atomic E-state index is 12.3. The molecule has 0 aromatic heterocycles. The molecule has 1 aromatic rings. The molecule has 2 aliphatic carbocycles. The van der Waals surface area contributed by atoms with Crippen LogP contribution in [0.15, 0.2) is 29.2 Å². The summed E-state index contributed by atoms with van der Waals surface area (Å²) in [5, 5.41) is 2.52. The van der Waals surface area contributed by atoms with Crippen molar-refractivity contribution in [1.82, 2.24) is 0 Å². The van der Waals surface area contributed by atoms with Gasteiger partial charge in [0.1, 0.15) is 5.78 Å². The van der Waals surface area contributed by atoms with E-state index in [0.717, 1.165) is 25.5 Å². The Morgan fingerprint density at radius 3 is 2.48 bits per heavy atom. The van der Waals surface area contributed by atoms with Gasteiger partial charge in [0, 0.05) is 23.8 Å². The molecule has 7 nitrogen and oxygen atoms in total. The summed E-state index contributed by atoms with van der Waals surface area (Å²) in [5.41, 5.74) is 0.316. The van der Waals surface area contributed by atoms with Crippen LogP contribution in [0.4, 0.5) is 5.69 Å². The highest BCUT2D eigenvalue weighted by atomic mass is 32.2. The van der Waals surface area contributed by atoms with Gasteiger partial charge >= 0.3 is 5.97 Å². The van der Waals surface area contributed by atoms with Crippen molar-refractivity contribution in [3.63, 3.8) is 0 Å². The zero-order valence-electron chi connectivity index (χ0n) is 15.1. The highest BCUT2D eigenvalue weighted by molar-refractivity contribution is 7.90. The molecule has 27 heavy (non-hydrogen) atoms. The van der Waals surface area contributed by atoms with E-state index in [1.165, 1.54) is 18.2 Å². The van der Waals surface area contributed by atoms with Crippen LogP contribution in [0.5, 0.6) is 0 Å². The highest BCUT2D eigenvalue weighted by Crippen LogP contribution is 2.40. The molecule has 0 aliphatic heterocycles. The van der Waals surface area contributed by atoms with Gasteiger partial charge in [-0.15, -0.1) is 0 Å². The molecule has 0 unspecified atom stereocenters. The predicted molar refractivity (Wildman–Crippen MR) is 97.7 cm³/mol. The number of amides is 1. The summed E-state index contributed by atoms with van der Waals surface area (Å²) in [6.45, 7) is -0.443. The second-order valence-electron chi connectivity index (χ2n) is 7.35. The van der Waals surface area contributed by atoms with Crippen molar-refractivity contribution in [2.24, 2.45) is 17.8 Å². The maximum atomic E-state index is 12.3. The second kappa shape index (κ2) is 7.80. The van der Waals surface area contributed by atoms with E-state index in [-0.39, 0.29) is 28.4 Å². The van der Waals surface area contributed by atoms with Gasteiger partial charge in [0.25, 0.3) is 5.91 Å². The van der Waals surface area contributed by atoms with Gasteiger partial charge in [-0.3, -0.25) is 14.4 Å². The minimum Gasteiger partial charge on any atom is -0.455 e. The molecule has 0 heterocycles. The summed E-state index contributed by atoms with van der Waals surface area (Å²) < 4.78 is 28.3. The Bertz CT molecular complexity index is 847. The van der Waals surface area contributed by atoms with Gasteiger partial charge < -0.3 is 10.1 Å². The summed E-state index contributed by atoms with van der Waals surface area (Å²) in [4.78, 5) is 36.5. The highest BCUT2D eigenvalue weighted by Gasteiger charge is 2.41. The molecule has 146 valence electrons. The number of carbonyl (C=O) groups is 3. The fourth-order valence-corrected chi connectivity index (χ4v) is 4.59. The first-order chi connectivity index (χ1) is 12.7. The quantitative estimate of drug-likeness (QED) is 0.767. The smallest absolute Gasteiger partial charge is 0.309 e. The average Bonchev–Trinajstić information content (AvgIpc) is 2.59. The Kier molecular flexibility index (Phi) is 5.64.